The van der Waals surface area contributed by atoms with Gasteiger partial charge in [-0.05, 0) is 62.6 Å². The number of carbonyl (C=O) groups is 2. The average molecular weight is 404 g/mol. The highest BCUT2D eigenvalue weighted by molar-refractivity contribution is 6.33. The fourth-order valence-corrected chi connectivity index (χ4v) is 3.04. The Bertz CT molecular complexity index is 868. The van der Waals surface area contributed by atoms with Crippen molar-refractivity contribution in [1.29, 1.82) is 0 Å². The molecule has 0 bridgehead atoms. The van der Waals surface area contributed by atoms with Crippen LogP contribution < -0.4 is 16.0 Å². The van der Waals surface area contributed by atoms with Crippen LogP contribution in [0.15, 0.2) is 42.5 Å². The maximum Gasteiger partial charge on any atom is 0.241 e. The van der Waals surface area contributed by atoms with Gasteiger partial charge in [-0.2, -0.15) is 0 Å². The first-order valence-electron chi connectivity index (χ1n) is 9.26. The molecule has 7 heteroatoms. The molecule has 0 heterocycles. The van der Waals surface area contributed by atoms with Crippen LogP contribution in [0, 0.1) is 11.7 Å². The molecule has 1 aliphatic rings. The number of halogens is 2. The largest absolute Gasteiger partial charge is 0.326 e. The molecule has 2 aromatic carbocycles. The average Bonchev–Trinajstić information content (AvgIpc) is 3.49. The van der Waals surface area contributed by atoms with Gasteiger partial charge in [-0.15, -0.1) is 0 Å². The number of carbonyl (C=O) groups excluding carboxylic acids is 2. The maximum atomic E-state index is 13.1. The smallest absolute Gasteiger partial charge is 0.241 e. The number of hydrogen-bond donors (Lipinski definition) is 3. The molecule has 148 valence electrons. The van der Waals surface area contributed by atoms with Crippen molar-refractivity contribution in [2.24, 2.45) is 5.92 Å². The van der Waals surface area contributed by atoms with Crippen LogP contribution in [0.4, 0.5) is 15.8 Å². The Morgan fingerprint density at radius 1 is 1.07 bits per heavy atom. The minimum Gasteiger partial charge on any atom is -0.326 e. The number of nitrogens with one attached hydrogen (secondary N) is 3. The first-order valence-corrected chi connectivity index (χ1v) is 9.64. The third-order valence-corrected chi connectivity index (χ3v) is 5.02. The van der Waals surface area contributed by atoms with Crippen LogP contribution in [0.3, 0.4) is 0 Å². The molecule has 1 fully saturated rings. The Balaban J connectivity index is 1.54. The summed E-state index contributed by atoms with van der Waals surface area (Å²) in [5.41, 5.74) is 2.12. The molecule has 3 N–H and O–H groups in total. The Morgan fingerprint density at radius 2 is 1.75 bits per heavy atom. The highest BCUT2D eigenvalue weighted by Crippen LogP contribution is 2.30. The van der Waals surface area contributed by atoms with E-state index in [2.05, 4.69) is 16.0 Å². The second-order valence-electron chi connectivity index (χ2n) is 7.11. The van der Waals surface area contributed by atoms with E-state index in [9.17, 15) is 14.0 Å². The van der Waals surface area contributed by atoms with E-state index in [4.69, 9.17) is 11.6 Å². The van der Waals surface area contributed by atoms with Gasteiger partial charge in [-0.3, -0.25) is 14.9 Å². The molecular weight excluding hydrogens is 381 g/mol. The number of hydrogen-bond acceptors (Lipinski definition) is 3. The topological polar surface area (TPSA) is 70.2 Å². The SMILES string of the molecule is CC(NC(C)c1ccc(NC(=O)C2CC2)cc1)C(=O)Nc1ccc(F)cc1Cl. The standard InChI is InChI=1S/C21H23ClFN3O2/c1-12(14-5-8-17(9-6-14)25-21(28)15-3-4-15)24-13(2)20(27)26-19-10-7-16(23)11-18(19)22/h5-13,15,24H,3-4H2,1-2H3,(H,25,28)(H,26,27). The highest BCUT2D eigenvalue weighted by atomic mass is 35.5. The Hall–Kier alpha value is -2.44. The van der Waals surface area contributed by atoms with Crippen LogP contribution in [0.2, 0.25) is 5.02 Å². The minimum absolute atomic E-state index is 0.0728. The highest BCUT2D eigenvalue weighted by Gasteiger charge is 2.29. The molecule has 2 atom stereocenters. The van der Waals surface area contributed by atoms with Gasteiger partial charge in [0.2, 0.25) is 11.8 Å². The van der Waals surface area contributed by atoms with E-state index in [1.54, 1.807) is 6.92 Å². The third-order valence-electron chi connectivity index (χ3n) is 4.71. The van der Waals surface area contributed by atoms with E-state index in [1.165, 1.54) is 12.1 Å². The fourth-order valence-electron chi connectivity index (χ4n) is 2.82. The fraction of sp³-hybridized carbons (Fsp3) is 0.333. The van der Waals surface area contributed by atoms with Crippen molar-refractivity contribution >= 4 is 34.8 Å². The Morgan fingerprint density at radius 3 is 2.36 bits per heavy atom. The minimum atomic E-state index is -0.495. The zero-order valence-electron chi connectivity index (χ0n) is 15.8. The zero-order chi connectivity index (χ0) is 20.3. The van der Waals surface area contributed by atoms with E-state index >= 15 is 0 Å². The van der Waals surface area contributed by atoms with Gasteiger partial charge in [0.1, 0.15) is 5.82 Å². The summed E-state index contributed by atoms with van der Waals surface area (Å²) in [6.07, 6.45) is 1.93. The first-order chi connectivity index (χ1) is 13.3. The third kappa shape index (κ3) is 5.30. The molecule has 2 unspecified atom stereocenters. The normalized spacial score (nSPS) is 15.6. The van der Waals surface area contributed by atoms with Crippen molar-refractivity contribution in [3.8, 4) is 0 Å². The van der Waals surface area contributed by atoms with Crippen LogP contribution in [0.1, 0.15) is 38.3 Å². The molecule has 0 radical (unpaired) electrons. The summed E-state index contributed by atoms with van der Waals surface area (Å²) in [5.74, 6) is -0.494. The Kier molecular flexibility index (Phi) is 6.31. The predicted octanol–water partition coefficient (Wildman–Crippen LogP) is 4.51. The molecule has 0 aliphatic heterocycles. The lowest BCUT2D eigenvalue weighted by molar-refractivity contribution is -0.118. The summed E-state index contributed by atoms with van der Waals surface area (Å²) in [5, 5.41) is 8.97. The van der Waals surface area contributed by atoms with Gasteiger partial charge in [-0.25, -0.2) is 4.39 Å². The molecule has 0 spiro atoms. The molecule has 2 aromatic rings. The number of rotatable bonds is 7. The molecule has 2 amide bonds. The molecule has 0 aromatic heterocycles. The van der Waals surface area contributed by atoms with Crippen LogP contribution in [-0.2, 0) is 9.59 Å². The van der Waals surface area contributed by atoms with Crippen molar-refractivity contribution in [2.75, 3.05) is 10.6 Å². The molecule has 1 saturated carbocycles. The quantitative estimate of drug-likeness (QED) is 0.637. The summed E-state index contributed by atoms with van der Waals surface area (Å²) in [4.78, 5) is 24.2. The molecule has 1 aliphatic carbocycles. The van der Waals surface area contributed by atoms with Crippen molar-refractivity contribution < 1.29 is 14.0 Å². The van der Waals surface area contributed by atoms with E-state index in [1.807, 2.05) is 31.2 Å². The lowest BCUT2D eigenvalue weighted by atomic mass is 10.1. The van der Waals surface area contributed by atoms with Crippen molar-refractivity contribution in [3.05, 3.63) is 58.9 Å². The van der Waals surface area contributed by atoms with Gasteiger partial charge in [0.05, 0.1) is 16.8 Å². The van der Waals surface area contributed by atoms with E-state index in [0.717, 1.165) is 30.2 Å². The van der Waals surface area contributed by atoms with Gasteiger partial charge in [0, 0.05) is 17.6 Å². The molecular formula is C21H23ClFN3O2. The van der Waals surface area contributed by atoms with Gasteiger partial charge in [0.15, 0.2) is 0 Å². The van der Waals surface area contributed by atoms with Crippen molar-refractivity contribution in [2.45, 2.75) is 38.8 Å². The van der Waals surface area contributed by atoms with E-state index in [0.29, 0.717) is 5.69 Å². The van der Waals surface area contributed by atoms with Gasteiger partial charge in [-0.1, -0.05) is 23.7 Å². The van der Waals surface area contributed by atoms with Crippen LogP contribution in [-0.4, -0.2) is 17.9 Å². The number of benzene rings is 2. The molecule has 5 nitrogen and oxygen atoms in total. The molecule has 0 saturated heterocycles. The second kappa shape index (κ2) is 8.71. The monoisotopic (exact) mass is 403 g/mol. The first kappa shape index (κ1) is 20.3. The van der Waals surface area contributed by atoms with Crippen molar-refractivity contribution in [1.82, 2.24) is 5.32 Å². The summed E-state index contributed by atoms with van der Waals surface area (Å²) < 4.78 is 13.1. The van der Waals surface area contributed by atoms with E-state index in [-0.39, 0.29) is 28.8 Å². The van der Waals surface area contributed by atoms with E-state index < -0.39 is 11.9 Å². The summed E-state index contributed by atoms with van der Waals surface area (Å²) in [6, 6.07) is 10.8. The van der Waals surface area contributed by atoms with Crippen LogP contribution >= 0.6 is 11.6 Å². The van der Waals surface area contributed by atoms with Gasteiger partial charge in [0.25, 0.3) is 0 Å². The summed E-state index contributed by atoms with van der Waals surface area (Å²) in [7, 11) is 0. The lowest BCUT2D eigenvalue weighted by Crippen LogP contribution is -2.39. The Labute approximate surface area is 168 Å². The molecule has 28 heavy (non-hydrogen) atoms. The molecule has 3 rings (SSSR count). The summed E-state index contributed by atoms with van der Waals surface area (Å²) in [6.45, 7) is 3.69. The van der Waals surface area contributed by atoms with Gasteiger partial charge < -0.3 is 10.6 Å². The zero-order valence-corrected chi connectivity index (χ0v) is 16.5. The van der Waals surface area contributed by atoms with Crippen molar-refractivity contribution in [3.63, 3.8) is 0 Å². The second-order valence-corrected chi connectivity index (χ2v) is 7.52. The maximum absolute atomic E-state index is 13.1. The van der Waals surface area contributed by atoms with Gasteiger partial charge >= 0.3 is 0 Å². The number of anilines is 2. The predicted molar refractivity (Wildman–Crippen MR) is 109 cm³/mol. The lowest BCUT2D eigenvalue weighted by Gasteiger charge is -2.20. The van der Waals surface area contributed by atoms with Crippen LogP contribution in [0.5, 0.6) is 0 Å². The summed E-state index contributed by atoms with van der Waals surface area (Å²) >= 11 is 5.95. The van der Waals surface area contributed by atoms with Crippen LogP contribution in [0.25, 0.3) is 0 Å². The number of amides is 2.